The summed E-state index contributed by atoms with van der Waals surface area (Å²) in [4.78, 5) is 11.5. The van der Waals surface area contributed by atoms with Crippen LogP contribution in [-0.2, 0) is 0 Å². The molecule has 0 spiro atoms. The number of hydrogen-bond donors (Lipinski definition) is 1. The fraction of sp³-hybridized carbons (Fsp3) is 0.300. The van der Waals surface area contributed by atoms with Crippen LogP contribution in [-0.4, -0.2) is 17.8 Å². The van der Waals surface area contributed by atoms with Gasteiger partial charge in [0.05, 0.1) is 5.56 Å². The molecule has 0 aliphatic carbocycles. The molecule has 0 fully saturated rings. The van der Waals surface area contributed by atoms with Crippen LogP contribution >= 0.6 is 27.5 Å². The van der Waals surface area contributed by atoms with Crippen molar-refractivity contribution in [1.82, 2.24) is 5.32 Å². The molecule has 82 valence electrons. The Balaban J connectivity index is 2.68. The SMILES string of the molecule is O=C(NCCCBr)c1cc(Cl)ccc1F. The minimum Gasteiger partial charge on any atom is -0.352 e. The van der Waals surface area contributed by atoms with E-state index in [2.05, 4.69) is 21.2 Å². The fourth-order valence-electron chi connectivity index (χ4n) is 1.04. The molecular weight excluding hydrogens is 284 g/mol. The smallest absolute Gasteiger partial charge is 0.254 e. The molecule has 0 atom stereocenters. The van der Waals surface area contributed by atoms with Crippen LogP contribution < -0.4 is 5.32 Å². The van der Waals surface area contributed by atoms with E-state index in [1.807, 2.05) is 0 Å². The molecule has 1 aromatic carbocycles. The standard InChI is InChI=1S/C10H10BrClFNO/c11-4-1-5-14-10(15)8-6-7(12)2-3-9(8)13/h2-3,6H,1,4-5H2,(H,14,15). The minimum absolute atomic E-state index is 0.0166. The second-order valence-corrected chi connectivity index (χ2v) is 4.15. The Hall–Kier alpha value is -0.610. The third kappa shape index (κ3) is 3.80. The van der Waals surface area contributed by atoms with Crippen molar-refractivity contribution >= 4 is 33.4 Å². The van der Waals surface area contributed by atoms with E-state index in [-0.39, 0.29) is 5.56 Å². The molecule has 15 heavy (non-hydrogen) atoms. The Morgan fingerprint density at radius 3 is 2.93 bits per heavy atom. The van der Waals surface area contributed by atoms with Crippen molar-refractivity contribution in [2.75, 3.05) is 11.9 Å². The molecule has 0 saturated carbocycles. The van der Waals surface area contributed by atoms with Crippen LogP contribution in [0.2, 0.25) is 5.02 Å². The van der Waals surface area contributed by atoms with Gasteiger partial charge in [0, 0.05) is 16.9 Å². The van der Waals surface area contributed by atoms with Crippen LogP contribution in [0.1, 0.15) is 16.8 Å². The molecule has 0 heterocycles. The molecule has 0 aliphatic rings. The zero-order valence-electron chi connectivity index (χ0n) is 7.90. The molecule has 1 N–H and O–H groups in total. The number of halogens is 3. The summed E-state index contributed by atoms with van der Waals surface area (Å²) in [7, 11) is 0. The number of benzene rings is 1. The van der Waals surface area contributed by atoms with Gasteiger partial charge in [-0.3, -0.25) is 4.79 Å². The van der Waals surface area contributed by atoms with E-state index in [1.165, 1.54) is 18.2 Å². The monoisotopic (exact) mass is 293 g/mol. The van der Waals surface area contributed by atoms with E-state index in [1.54, 1.807) is 0 Å². The number of rotatable bonds is 4. The maximum atomic E-state index is 13.2. The normalized spacial score (nSPS) is 10.1. The first kappa shape index (κ1) is 12.5. The maximum Gasteiger partial charge on any atom is 0.254 e. The topological polar surface area (TPSA) is 29.1 Å². The molecule has 0 unspecified atom stereocenters. The first-order chi connectivity index (χ1) is 7.15. The average molecular weight is 295 g/mol. The molecule has 0 radical (unpaired) electrons. The Morgan fingerprint density at radius 2 is 2.27 bits per heavy atom. The quantitative estimate of drug-likeness (QED) is 0.671. The number of carbonyl (C=O) groups excluding carboxylic acids is 1. The van der Waals surface area contributed by atoms with E-state index in [0.29, 0.717) is 11.6 Å². The fourth-order valence-corrected chi connectivity index (χ4v) is 1.49. The number of amides is 1. The van der Waals surface area contributed by atoms with Gasteiger partial charge in [-0.1, -0.05) is 27.5 Å². The zero-order chi connectivity index (χ0) is 11.3. The van der Waals surface area contributed by atoms with E-state index in [9.17, 15) is 9.18 Å². The van der Waals surface area contributed by atoms with Crippen molar-refractivity contribution in [2.45, 2.75) is 6.42 Å². The van der Waals surface area contributed by atoms with Crippen molar-refractivity contribution in [3.8, 4) is 0 Å². The molecular formula is C10H10BrClFNO. The molecule has 0 aliphatic heterocycles. The van der Waals surface area contributed by atoms with Crippen molar-refractivity contribution < 1.29 is 9.18 Å². The summed E-state index contributed by atoms with van der Waals surface area (Å²) in [5.41, 5.74) is -0.0166. The lowest BCUT2D eigenvalue weighted by molar-refractivity contribution is 0.0950. The lowest BCUT2D eigenvalue weighted by atomic mass is 10.2. The van der Waals surface area contributed by atoms with Gasteiger partial charge in [-0.05, 0) is 24.6 Å². The number of nitrogens with one attached hydrogen (secondary N) is 1. The highest BCUT2D eigenvalue weighted by atomic mass is 79.9. The van der Waals surface area contributed by atoms with Gasteiger partial charge >= 0.3 is 0 Å². The van der Waals surface area contributed by atoms with Crippen LogP contribution in [0, 0.1) is 5.82 Å². The largest absolute Gasteiger partial charge is 0.352 e. The van der Waals surface area contributed by atoms with Crippen LogP contribution in [0.25, 0.3) is 0 Å². The number of carbonyl (C=O) groups is 1. The lowest BCUT2D eigenvalue weighted by Gasteiger charge is -2.05. The zero-order valence-corrected chi connectivity index (χ0v) is 10.2. The first-order valence-electron chi connectivity index (χ1n) is 4.44. The number of alkyl halides is 1. The summed E-state index contributed by atoms with van der Waals surface area (Å²) in [6.07, 6.45) is 0.800. The molecule has 5 heteroatoms. The van der Waals surface area contributed by atoms with Crippen molar-refractivity contribution in [3.63, 3.8) is 0 Å². The van der Waals surface area contributed by atoms with Crippen LogP contribution in [0.15, 0.2) is 18.2 Å². The summed E-state index contributed by atoms with van der Waals surface area (Å²) in [6.45, 7) is 0.510. The molecule has 0 saturated heterocycles. The Kier molecular flexibility index (Phi) is 5.05. The maximum absolute atomic E-state index is 13.2. The van der Waals surface area contributed by atoms with Gasteiger partial charge in [0.15, 0.2) is 0 Å². The van der Waals surface area contributed by atoms with Crippen molar-refractivity contribution in [2.24, 2.45) is 0 Å². The Labute approximate surface area is 101 Å². The third-order valence-corrected chi connectivity index (χ3v) is 2.56. The van der Waals surface area contributed by atoms with Gasteiger partial charge < -0.3 is 5.32 Å². The van der Waals surface area contributed by atoms with E-state index in [0.717, 1.165) is 11.8 Å². The summed E-state index contributed by atoms with van der Waals surface area (Å²) < 4.78 is 13.2. The van der Waals surface area contributed by atoms with Crippen molar-refractivity contribution in [3.05, 3.63) is 34.6 Å². The second-order valence-electron chi connectivity index (χ2n) is 2.92. The predicted octanol–water partition coefficient (Wildman–Crippen LogP) is 2.99. The van der Waals surface area contributed by atoms with Gasteiger partial charge in [0.2, 0.25) is 0 Å². The average Bonchev–Trinajstić information content (AvgIpc) is 2.22. The molecule has 2 nitrogen and oxygen atoms in total. The van der Waals surface area contributed by atoms with Gasteiger partial charge in [0.1, 0.15) is 5.82 Å². The van der Waals surface area contributed by atoms with Crippen LogP contribution in [0.4, 0.5) is 4.39 Å². The van der Waals surface area contributed by atoms with Gasteiger partial charge in [-0.15, -0.1) is 0 Å². The first-order valence-corrected chi connectivity index (χ1v) is 5.94. The number of hydrogen-bond acceptors (Lipinski definition) is 1. The highest BCUT2D eigenvalue weighted by molar-refractivity contribution is 9.09. The predicted molar refractivity (Wildman–Crippen MR) is 62.2 cm³/mol. The van der Waals surface area contributed by atoms with Crippen LogP contribution in [0.5, 0.6) is 0 Å². The van der Waals surface area contributed by atoms with Gasteiger partial charge in [-0.2, -0.15) is 0 Å². The molecule has 1 aromatic rings. The van der Waals surface area contributed by atoms with E-state index < -0.39 is 11.7 Å². The molecule has 1 amide bonds. The van der Waals surface area contributed by atoms with Crippen LogP contribution in [0.3, 0.4) is 0 Å². The van der Waals surface area contributed by atoms with Gasteiger partial charge in [0.25, 0.3) is 5.91 Å². The summed E-state index contributed by atoms with van der Waals surface area (Å²) >= 11 is 8.90. The Bertz CT molecular complexity index is 359. The molecule has 0 aromatic heterocycles. The second kappa shape index (κ2) is 6.08. The van der Waals surface area contributed by atoms with E-state index >= 15 is 0 Å². The third-order valence-electron chi connectivity index (χ3n) is 1.77. The minimum atomic E-state index is -0.559. The summed E-state index contributed by atoms with van der Waals surface area (Å²) in [5, 5.41) is 3.75. The Morgan fingerprint density at radius 1 is 1.53 bits per heavy atom. The molecule has 1 rings (SSSR count). The summed E-state index contributed by atoms with van der Waals surface area (Å²) in [5.74, 6) is -0.994. The highest BCUT2D eigenvalue weighted by Gasteiger charge is 2.11. The van der Waals surface area contributed by atoms with Crippen molar-refractivity contribution in [1.29, 1.82) is 0 Å². The molecule has 0 bridgehead atoms. The lowest BCUT2D eigenvalue weighted by Crippen LogP contribution is -2.25. The highest BCUT2D eigenvalue weighted by Crippen LogP contribution is 2.14. The van der Waals surface area contributed by atoms with Gasteiger partial charge in [-0.25, -0.2) is 4.39 Å². The summed E-state index contributed by atoms with van der Waals surface area (Å²) in [6, 6.07) is 3.91. The van der Waals surface area contributed by atoms with E-state index in [4.69, 9.17) is 11.6 Å².